The van der Waals surface area contributed by atoms with E-state index < -0.39 is 5.97 Å². The molecule has 0 aliphatic heterocycles. The molecule has 2 aromatic carbocycles. The molecule has 0 atom stereocenters. The highest BCUT2D eigenvalue weighted by atomic mass is 16.4. The summed E-state index contributed by atoms with van der Waals surface area (Å²) in [5.74, 6) is -0.972. The lowest BCUT2D eigenvalue weighted by Gasteiger charge is -2.04. The molecule has 4 nitrogen and oxygen atoms in total. The average molecular weight is 314 g/mol. The molecule has 24 heavy (non-hydrogen) atoms. The zero-order valence-corrected chi connectivity index (χ0v) is 12.7. The van der Waals surface area contributed by atoms with Crippen LogP contribution >= 0.6 is 0 Å². The van der Waals surface area contributed by atoms with Crippen molar-refractivity contribution in [3.8, 4) is 22.4 Å². The van der Waals surface area contributed by atoms with E-state index in [0.717, 1.165) is 27.7 Å². The Morgan fingerprint density at radius 2 is 1.54 bits per heavy atom. The third kappa shape index (κ3) is 2.54. The molecule has 0 bridgehead atoms. The SMILES string of the molecule is O=C(O)c1cc2cc(-c3ccc(-c4ccccc4)cc3)ncc2[nH]1. The number of benzene rings is 2. The molecule has 0 aliphatic rings. The number of pyridine rings is 1. The molecule has 4 heteroatoms. The lowest BCUT2D eigenvalue weighted by Crippen LogP contribution is -1.94. The summed E-state index contributed by atoms with van der Waals surface area (Å²) < 4.78 is 0. The van der Waals surface area contributed by atoms with Crippen molar-refractivity contribution in [2.75, 3.05) is 0 Å². The first-order chi connectivity index (χ1) is 11.7. The standard InChI is InChI=1S/C20H14N2O2/c23-20(24)18-11-16-10-17(21-12-19(16)22-18)15-8-6-14(7-9-15)13-4-2-1-3-5-13/h1-12,22H,(H,23,24). The molecule has 2 N–H and O–H groups in total. The van der Waals surface area contributed by atoms with Gasteiger partial charge in [-0.3, -0.25) is 4.98 Å². The summed E-state index contributed by atoms with van der Waals surface area (Å²) in [7, 11) is 0. The highest BCUT2D eigenvalue weighted by Gasteiger charge is 2.09. The molecule has 0 spiro atoms. The van der Waals surface area contributed by atoms with Gasteiger partial charge < -0.3 is 10.1 Å². The largest absolute Gasteiger partial charge is 0.477 e. The highest BCUT2D eigenvalue weighted by molar-refractivity contribution is 5.94. The summed E-state index contributed by atoms with van der Waals surface area (Å²) in [5, 5.41) is 9.90. The lowest BCUT2D eigenvalue weighted by atomic mass is 10.0. The number of nitrogens with zero attached hydrogens (tertiary/aromatic N) is 1. The van der Waals surface area contributed by atoms with Gasteiger partial charge in [0.2, 0.25) is 0 Å². The zero-order chi connectivity index (χ0) is 16.5. The van der Waals surface area contributed by atoms with E-state index in [0.29, 0.717) is 0 Å². The number of aromatic carboxylic acids is 1. The van der Waals surface area contributed by atoms with Crippen LogP contribution in [0.1, 0.15) is 10.5 Å². The van der Waals surface area contributed by atoms with Crippen LogP contribution in [-0.2, 0) is 0 Å². The lowest BCUT2D eigenvalue weighted by molar-refractivity contribution is 0.0691. The van der Waals surface area contributed by atoms with E-state index in [-0.39, 0.29) is 5.69 Å². The van der Waals surface area contributed by atoms with E-state index in [2.05, 4.69) is 34.2 Å². The molecular weight excluding hydrogens is 300 g/mol. The van der Waals surface area contributed by atoms with Crippen molar-refractivity contribution in [3.63, 3.8) is 0 Å². The van der Waals surface area contributed by atoms with Gasteiger partial charge in [-0.05, 0) is 23.3 Å². The van der Waals surface area contributed by atoms with Gasteiger partial charge in [0.05, 0.1) is 17.4 Å². The second-order valence-electron chi connectivity index (χ2n) is 5.59. The van der Waals surface area contributed by atoms with Crippen LogP contribution in [0.2, 0.25) is 0 Å². The van der Waals surface area contributed by atoms with Crippen molar-refractivity contribution in [2.45, 2.75) is 0 Å². The summed E-state index contributed by atoms with van der Waals surface area (Å²) in [6.07, 6.45) is 1.67. The molecule has 0 saturated heterocycles. The van der Waals surface area contributed by atoms with Crippen LogP contribution < -0.4 is 0 Å². The summed E-state index contributed by atoms with van der Waals surface area (Å²) in [6, 6.07) is 21.9. The molecule has 2 heterocycles. The van der Waals surface area contributed by atoms with Crippen LogP contribution in [0.4, 0.5) is 0 Å². The Morgan fingerprint density at radius 1 is 0.875 bits per heavy atom. The number of carboxylic acid groups (broad SMARTS) is 1. The van der Waals surface area contributed by atoms with E-state index >= 15 is 0 Å². The summed E-state index contributed by atoms with van der Waals surface area (Å²) in [4.78, 5) is 18.3. The van der Waals surface area contributed by atoms with Gasteiger partial charge in [-0.1, -0.05) is 54.6 Å². The first-order valence-electron chi connectivity index (χ1n) is 7.58. The Balaban J connectivity index is 1.70. The van der Waals surface area contributed by atoms with Gasteiger partial charge in [0.25, 0.3) is 0 Å². The highest BCUT2D eigenvalue weighted by Crippen LogP contribution is 2.26. The fourth-order valence-corrected chi connectivity index (χ4v) is 2.77. The monoisotopic (exact) mass is 314 g/mol. The van der Waals surface area contributed by atoms with Gasteiger partial charge in [0.15, 0.2) is 0 Å². The van der Waals surface area contributed by atoms with Crippen LogP contribution in [0, 0.1) is 0 Å². The number of hydrogen-bond acceptors (Lipinski definition) is 2. The van der Waals surface area contributed by atoms with Gasteiger partial charge in [-0.15, -0.1) is 0 Å². The Morgan fingerprint density at radius 3 is 2.25 bits per heavy atom. The molecule has 0 fully saturated rings. The van der Waals surface area contributed by atoms with E-state index in [4.69, 9.17) is 5.11 Å². The van der Waals surface area contributed by atoms with Crippen molar-refractivity contribution < 1.29 is 9.90 Å². The summed E-state index contributed by atoms with van der Waals surface area (Å²) in [6.45, 7) is 0. The molecule has 0 aliphatic carbocycles. The van der Waals surface area contributed by atoms with E-state index in [1.165, 1.54) is 5.56 Å². The Labute approximate surface area is 138 Å². The fraction of sp³-hybridized carbons (Fsp3) is 0. The van der Waals surface area contributed by atoms with Crippen molar-refractivity contribution in [2.24, 2.45) is 0 Å². The topological polar surface area (TPSA) is 66.0 Å². The van der Waals surface area contributed by atoms with Gasteiger partial charge in [0, 0.05) is 10.9 Å². The van der Waals surface area contributed by atoms with Gasteiger partial charge in [0.1, 0.15) is 5.69 Å². The predicted molar refractivity (Wildman–Crippen MR) is 93.9 cm³/mol. The molecule has 2 aromatic heterocycles. The van der Waals surface area contributed by atoms with Gasteiger partial charge in [-0.2, -0.15) is 0 Å². The fourth-order valence-electron chi connectivity index (χ4n) is 2.77. The molecule has 4 rings (SSSR count). The number of aromatic nitrogens is 2. The second kappa shape index (κ2) is 5.66. The van der Waals surface area contributed by atoms with Crippen LogP contribution in [-0.4, -0.2) is 21.0 Å². The van der Waals surface area contributed by atoms with Crippen molar-refractivity contribution in [1.29, 1.82) is 0 Å². The van der Waals surface area contributed by atoms with Crippen LogP contribution in [0.3, 0.4) is 0 Å². The molecule has 4 aromatic rings. The number of H-pyrrole nitrogens is 1. The minimum atomic E-state index is -0.972. The Bertz CT molecular complexity index is 1020. The maximum absolute atomic E-state index is 11.0. The van der Waals surface area contributed by atoms with Crippen molar-refractivity contribution in [1.82, 2.24) is 9.97 Å². The van der Waals surface area contributed by atoms with Gasteiger partial charge in [-0.25, -0.2) is 4.79 Å². The summed E-state index contributed by atoms with van der Waals surface area (Å²) in [5.41, 5.74) is 5.02. The summed E-state index contributed by atoms with van der Waals surface area (Å²) >= 11 is 0. The number of hydrogen-bond donors (Lipinski definition) is 2. The molecular formula is C20H14N2O2. The third-order valence-corrected chi connectivity index (χ3v) is 4.02. The van der Waals surface area contributed by atoms with E-state index in [9.17, 15) is 4.79 Å². The first kappa shape index (κ1) is 14.2. The number of carboxylic acids is 1. The molecule has 0 radical (unpaired) electrons. The van der Waals surface area contributed by atoms with Crippen molar-refractivity contribution in [3.05, 3.63) is 78.6 Å². The number of fused-ring (bicyclic) bond motifs is 1. The number of carbonyl (C=O) groups is 1. The van der Waals surface area contributed by atoms with Crippen LogP contribution in [0.15, 0.2) is 72.9 Å². The molecule has 116 valence electrons. The van der Waals surface area contributed by atoms with Crippen LogP contribution in [0.25, 0.3) is 33.3 Å². The molecule has 0 amide bonds. The van der Waals surface area contributed by atoms with E-state index in [1.54, 1.807) is 12.3 Å². The average Bonchev–Trinajstić information content (AvgIpc) is 3.06. The zero-order valence-electron chi connectivity index (χ0n) is 12.7. The molecule has 0 saturated carbocycles. The van der Waals surface area contributed by atoms with E-state index in [1.807, 2.05) is 36.4 Å². The second-order valence-corrected chi connectivity index (χ2v) is 5.59. The quantitative estimate of drug-likeness (QED) is 0.581. The smallest absolute Gasteiger partial charge is 0.352 e. The first-order valence-corrected chi connectivity index (χ1v) is 7.58. The third-order valence-electron chi connectivity index (χ3n) is 4.02. The van der Waals surface area contributed by atoms with Crippen molar-refractivity contribution >= 4 is 16.9 Å². The number of nitrogens with one attached hydrogen (secondary N) is 1. The normalized spacial score (nSPS) is 10.8. The van der Waals surface area contributed by atoms with Crippen LogP contribution in [0.5, 0.6) is 0 Å². The minimum absolute atomic E-state index is 0.170. The number of aromatic amines is 1. The maximum atomic E-state index is 11.0. The minimum Gasteiger partial charge on any atom is -0.477 e. The maximum Gasteiger partial charge on any atom is 0.352 e. The number of rotatable bonds is 3. The Hall–Kier alpha value is -3.40. The molecule has 0 unspecified atom stereocenters. The Kier molecular flexibility index (Phi) is 3.35. The van der Waals surface area contributed by atoms with Gasteiger partial charge >= 0.3 is 5.97 Å². The predicted octanol–water partition coefficient (Wildman–Crippen LogP) is 4.60.